The van der Waals surface area contributed by atoms with Crippen LogP contribution in [0.1, 0.15) is 29.3 Å². The van der Waals surface area contributed by atoms with Gasteiger partial charge < -0.3 is 10.4 Å². The van der Waals surface area contributed by atoms with Gasteiger partial charge in [0.05, 0.1) is 17.6 Å². The largest absolute Gasteiger partial charge is 0.393 e. The Labute approximate surface area is 119 Å². The predicted molar refractivity (Wildman–Crippen MR) is 81.0 cm³/mol. The lowest BCUT2D eigenvalue weighted by molar-refractivity contribution is -0.117. The fourth-order valence-electron chi connectivity index (χ4n) is 1.76. The Morgan fingerprint density at radius 2 is 2.00 bits per heavy atom. The Bertz CT molecular complexity index is 441. The second kappa shape index (κ2) is 7.03. The Morgan fingerprint density at radius 1 is 1.37 bits per heavy atom. The smallest absolute Gasteiger partial charge is 0.239 e. The zero-order chi connectivity index (χ0) is 14.6. The molecule has 0 radical (unpaired) electrons. The normalized spacial score (nSPS) is 12.8. The van der Waals surface area contributed by atoms with Crippen molar-refractivity contribution in [2.45, 2.75) is 40.2 Å². The Morgan fingerprint density at radius 3 is 2.47 bits per heavy atom. The maximum absolute atomic E-state index is 11.9. The quantitative estimate of drug-likeness (QED) is 0.843. The molecule has 1 aromatic heterocycles. The van der Waals surface area contributed by atoms with E-state index in [-0.39, 0.29) is 12.0 Å². The number of amides is 1. The van der Waals surface area contributed by atoms with Gasteiger partial charge in [0.25, 0.3) is 0 Å². The van der Waals surface area contributed by atoms with Gasteiger partial charge in [0.15, 0.2) is 0 Å². The molecule has 1 aromatic rings. The molecule has 0 fully saturated rings. The molecule has 0 aliphatic carbocycles. The summed E-state index contributed by atoms with van der Waals surface area (Å²) in [4.78, 5) is 15.1. The number of nitrogens with one attached hydrogen (secondary N) is 1. The van der Waals surface area contributed by atoms with E-state index in [9.17, 15) is 9.90 Å². The van der Waals surface area contributed by atoms with Crippen LogP contribution in [0.4, 0.5) is 5.00 Å². The number of aryl methyl sites for hydroxylation is 1. The molecule has 0 aromatic carbocycles. The monoisotopic (exact) mass is 284 g/mol. The lowest BCUT2D eigenvalue weighted by Gasteiger charge is -2.16. The Hall–Kier alpha value is -0.910. The molecule has 4 nitrogen and oxygen atoms in total. The topological polar surface area (TPSA) is 52.6 Å². The zero-order valence-corrected chi connectivity index (χ0v) is 13.2. The maximum atomic E-state index is 11.9. The van der Waals surface area contributed by atoms with Crippen molar-refractivity contribution >= 4 is 22.2 Å². The van der Waals surface area contributed by atoms with Crippen molar-refractivity contribution in [2.24, 2.45) is 0 Å². The molecular formula is C14H24N2O2S. The minimum atomic E-state index is -0.324. The summed E-state index contributed by atoms with van der Waals surface area (Å²) in [5, 5.41) is 13.1. The van der Waals surface area contributed by atoms with Crippen LogP contribution in [0.15, 0.2) is 0 Å². The first-order valence-corrected chi connectivity index (χ1v) is 7.36. The summed E-state index contributed by atoms with van der Waals surface area (Å²) in [5.41, 5.74) is 2.41. The fraction of sp³-hybridized carbons (Fsp3) is 0.643. The lowest BCUT2D eigenvalue weighted by Crippen LogP contribution is -2.31. The highest BCUT2D eigenvalue weighted by atomic mass is 32.1. The molecule has 0 spiro atoms. The third-order valence-corrected chi connectivity index (χ3v) is 4.51. The highest BCUT2D eigenvalue weighted by Crippen LogP contribution is 2.31. The van der Waals surface area contributed by atoms with Crippen LogP contribution in [0, 0.1) is 20.8 Å². The first-order chi connectivity index (χ1) is 8.81. The van der Waals surface area contributed by atoms with Gasteiger partial charge >= 0.3 is 0 Å². The van der Waals surface area contributed by atoms with E-state index in [0.29, 0.717) is 19.5 Å². The molecule has 1 heterocycles. The number of aliphatic hydroxyl groups excluding tert-OH is 1. The van der Waals surface area contributed by atoms with E-state index in [4.69, 9.17) is 0 Å². The molecule has 0 saturated heterocycles. The molecule has 0 bridgehead atoms. The summed E-state index contributed by atoms with van der Waals surface area (Å²) in [6.45, 7) is 9.00. The van der Waals surface area contributed by atoms with Gasteiger partial charge in [-0.1, -0.05) is 0 Å². The average molecular weight is 284 g/mol. The molecule has 0 aliphatic heterocycles. The van der Waals surface area contributed by atoms with Crippen LogP contribution < -0.4 is 5.32 Å². The summed E-state index contributed by atoms with van der Waals surface area (Å²) in [5.74, 6) is -0.00237. The van der Waals surface area contributed by atoms with Gasteiger partial charge in [-0.3, -0.25) is 9.69 Å². The molecule has 0 aliphatic rings. The van der Waals surface area contributed by atoms with Gasteiger partial charge in [-0.25, -0.2) is 0 Å². The van der Waals surface area contributed by atoms with Gasteiger partial charge in [0.2, 0.25) is 5.91 Å². The summed E-state index contributed by atoms with van der Waals surface area (Å²) in [7, 11) is 1.89. The number of hydrogen-bond donors (Lipinski definition) is 2. The van der Waals surface area contributed by atoms with Crippen LogP contribution in [0.5, 0.6) is 0 Å². The van der Waals surface area contributed by atoms with Gasteiger partial charge in [-0.2, -0.15) is 0 Å². The number of rotatable bonds is 6. The summed E-state index contributed by atoms with van der Waals surface area (Å²) in [6.07, 6.45) is 0.357. The van der Waals surface area contributed by atoms with Crippen molar-refractivity contribution in [3.63, 3.8) is 0 Å². The number of carbonyl (C=O) groups is 1. The van der Waals surface area contributed by atoms with Crippen molar-refractivity contribution in [3.8, 4) is 0 Å². The Balaban J connectivity index is 2.49. The minimum Gasteiger partial charge on any atom is -0.393 e. The third-order valence-electron chi connectivity index (χ3n) is 3.28. The van der Waals surface area contributed by atoms with Crippen LogP contribution in [-0.4, -0.2) is 42.2 Å². The molecule has 5 heteroatoms. The van der Waals surface area contributed by atoms with Gasteiger partial charge in [-0.05, 0) is 52.3 Å². The number of nitrogens with zero attached hydrogens (tertiary/aromatic N) is 1. The van der Waals surface area contributed by atoms with E-state index in [0.717, 1.165) is 10.6 Å². The molecule has 108 valence electrons. The highest BCUT2D eigenvalue weighted by molar-refractivity contribution is 7.16. The number of aliphatic hydroxyl groups is 1. The summed E-state index contributed by atoms with van der Waals surface area (Å²) in [6, 6.07) is 0. The van der Waals surface area contributed by atoms with Crippen LogP contribution in [-0.2, 0) is 4.79 Å². The molecule has 1 atom stereocenters. The first kappa shape index (κ1) is 16.1. The van der Waals surface area contributed by atoms with E-state index in [1.165, 1.54) is 10.4 Å². The van der Waals surface area contributed by atoms with E-state index >= 15 is 0 Å². The van der Waals surface area contributed by atoms with Crippen LogP contribution >= 0.6 is 11.3 Å². The van der Waals surface area contributed by atoms with Crippen molar-refractivity contribution in [2.75, 3.05) is 25.5 Å². The van der Waals surface area contributed by atoms with Crippen LogP contribution in [0.3, 0.4) is 0 Å². The van der Waals surface area contributed by atoms with Crippen LogP contribution in [0.2, 0.25) is 0 Å². The Kier molecular flexibility index (Phi) is 5.97. The molecule has 1 unspecified atom stereocenters. The lowest BCUT2D eigenvalue weighted by atomic mass is 10.2. The van der Waals surface area contributed by atoms with Crippen molar-refractivity contribution in [1.82, 2.24) is 4.90 Å². The van der Waals surface area contributed by atoms with Gasteiger partial charge in [0, 0.05) is 11.4 Å². The molecule has 2 N–H and O–H groups in total. The van der Waals surface area contributed by atoms with E-state index < -0.39 is 0 Å². The standard InChI is InChI=1S/C14H24N2O2S/c1-9(17)6-7-16(5)8-13(18)15-14-11(3)10(2)12(4)19-14/h9,17H,6-8H2,1-5H3,(H,15,18). The first-order valence-electron chi connectivity index (χ1n) is 6.54. The maximum Gasteiger partial charge on any atom is 0.239 e. The molecule has 19 heavy (non-hydrogen) atoms. The number of likely N-dealkylation sites (N-methyl/N-ethyl adjacent to an activating group) is 1. The van der Waals surface area contributed by atoms with Crippen molar-refractivity contribution in [1.29, 1.82) is 0 Å². The van der Waals surface area contributed by atoms with Gasteiger partial charge in [-0.15, -0.1) is 11.3 Å². The van der Waals surface area contributed by atoms with E-state index in [1.54, 1.807) is 18.3 Å². The SMILES string of the molecule is Cc1sc(NC(=O)CN(C)CCC(C)O)c(C)c1C. The molecule has 0 saturated carbocycles. The molecule has 1 rings (SSSR count). The van der Waals surface area contributed by atoms with Crippen LogP contribution in [0.25, 0.3) is 0 Å². The number of carbonyl (C=O) groups excluding carboxylic acids is 1. The van der Waals surface area contributed by atoms with E-state index in [2.05, 4.69) is 19.2 Å². The molecule has 1 amide bonds. The summed E-state index contributed by atoms with van der Waals surface area (Å²) < 4.78 is 0. The zero-order valence-electron chi connectivity index (χ0n) is 12.4. The van der Waals surface area contributed by atoms with Gasteiger partial charge in [0.1, 0.15) is 0 Å². The third kappa shape index (κ3) is 4.93. The number of thiophene rings is 1. The van der Waals surface area contributed by atoms with E-state index in [1.807, 2.05) is 18.9 Å². The minimum absolute atomic E-state index is 0.00237. The number of anilines is 1. The summed E-state index contributed by atoms with van der Waals surface area (Å²) >= 11 is 1.62. The fourth-order valence-corrected chi connectivity index (χ4v) is 2.84. The second-order valence-electron chi connectivity index (χ2n) is 5.16. The van der Waals surface area contributed by atoms with Crippen molar-refractivity contribution in [3.05, 3.63) is 16.0 Å². The van der Waals surface area contributed by atoms with Crippen molar-refractivity contribution < 1.29 is 9.90 Å². The predicted octanol–water partition coefficient (Wildman–Crippen LogP) is 2.31. The number of hydrogen-bond acceptors (Lipinski definition) is 4. The second-order valence-corrected chi connectivity index (χ2v) is 6.39. The molecular weight excluding hydrogens is 260 g/mol. The average Bonchev–Trinajstić information content (AvgIpc) is 2.54. The highest BCUT2D eigenvalue weighted by Gasteiger charge is 2.13.